The number of nitrogens with one attached hydrogen (secondary N) is 2. The normalized spacial score (nSPS) is 13.7. The minimum atomic E-state index is -0.409. The van der Waals surface area contributed by atoms with Crippen LogP contribution in [-0.2, 0) is 0 Å². The van der Waals surface area contributed by atoms with Gasteiger partial charge in [0.25, 0.3) is 0 Å². The second-order valence-electron chi connectivity index (χ2n) is 4.86. The van der Waals surface area contributed by atoms with E-state index in [9.17, 15) is 9.18 Å². The maximum atomic E-state index is 13.0. The molecule has 1 rings (SSSR count). The molecule has 0 aliphatic heterocycles. The third-order valence-electron chi connectivity index (χ3n) is 3.01. The summed E-state index contributed by atoms with van der Waals surface area (Å²) in [5.74, 6) is -0.205. The molecular formula is C14H20ClFN2O2. The fraction of sp³-hybridized carbons (Fsp3) is 0.500. The van der Waals surface area contributed by atoms with E-state index in [1.165, 1.54) is 12.1 Å². The van der Waals surface area contributed by atoms with Crippen LogP contribution in [-0.4, -0.2) is 24.3 Å². The number of hydrogen-bond acceptors (Lipinski definition) is 2. The molecule has 2 atom stereocenters. The molecule has 4 nitrogen and oxygen atoms in total. The van der Waals surface area contributed by atoms with E-state index >= 15 is 0 Å². The first-order valence-electron chi connectivity index (χ1n) is 6.54. The molecule has 0 bridgehead atoms. The van der Waals surface area contributed by atoms with Crippen molar-refractivity contribution in [2.45, 2.75) is 26.3 Å². The van der Waals surface area contributed by atoms with Gasteiger partial charge in [-0.05, 0) is 37.0 Å². The van der Waals surface area contributed by atoms with Crippen LogP contribution in [0.2, 0.25) is 5.02 Å². The Morgan fingerprint density at radius 1 is 1.45 bits per heavy atom. The lowest BCUT2D eigenvalue weighted by Crippen LogP contribution is -2.39. The van der Waals surface area contributed by atoms with Crippen molar-refractivity contribution in [3.05, 3.63) is 34.6 Å². The molecule has 0 aliphatic rings. The van der Waals surface area contributed by atoms with E-state index < -0.39 is 5.82 Å². The number of hydrogen-bond donors (Lipinski definition) is 3. The molecule has 0 saturated heterocycles. The van der Waals surface area contributed by atoms with Gasteiger partial charge in [-0.15, -0.1) is 0 Å². The van der Waals surface area contributed by atoms with Crippen molar-refractivity contribution in [1.29, 1.82) is 0 Å². The molecule has 0 saturated carbocycles. The lowest BCUT2D eigenvalue weighted by atomic mass is 10.1. The summed E-state index contributed by atoms with van der Waals surface area (Å²) in [6.45, 7) is 4.30. The van der Waals surface area contributed by atoms with Crippen LogP contribution in [0.5, 0.6) is 0 Å². The maximum absolute atomic E-state index is 13.0. The summed E-state index contributed by atoms with van der Waals surface area (Å²) in [7, 11) is 0. The SMILES string of the molecule is C[C@H](CCO)CNC(=O)N[C@H](C)c1ccc(F)cc1Cl. The van der Waals surface area contributed by atoms with E-state index in [-0.39, 0.29) is 29.6 Å². The van der Waals surface area contributed by atoms with Gasteiger partial charge in [0, 0.05) is 18.2 Å². The number of rotatable bonds is 6. The molecule has 0 unspecified atom stereocenters. The highest BCUT2D eigenvalue weighted by atomic mass is 35.5. The van der Waals surface area contributed by atoms with E-state index in [1.54, 1.807) is 13.0 Å². The molecule has 0 radical (unpaired) electrons. The Balaban J connectivity index is 2.49. The van der Waals surface area contributed by atoms with Gasteiger partial charge in [-0.25, -0.2) is 9.18 Å². The van der Waals surface area contributed by atoms with Crippen LogP contribution in [0.4, 0.5) is 9.18 Å². The van der Waals surface area contributed by atoms with Gasteiger partial charge in [-0.2, -0.15) is 0 Å². The van der Waals surface area contributed by atoms with Crippen molar-refractivity contribution in [2.24, 2.45) is 5.92 Å². The zero-order valence-corrected chi connectivity index (χ0v) is 12.4. The highest BCUT2D eigenvalue weighted by Crippen LogP contribution is 2.23. The summed E-state index contributed by atoms with van der Waals surface area (Å²) in [6.07, 6.45) is 0.639. The second-order valence-corrected chi connectivity index (χ2v) is 5.27. The van der Waals surface area contributed by atoms with Crippen LogP contribution < -0.4 is 10.6 Å². The van der Waals surface area contributed by atoms with E-state index in [1.807, 2.05) is 6.92 Å². The largest absolute Gasteiger partial charge is 0.396 e. The van der Waals surface area contributed by atoms with E-state index in [4.69, 9.17) is 16.7 Å². The van der Waals surface area contributed by atoms with Gasteiger partial charge in [0.05, 0.1) is 6.04 Å². The molecule has 1 aromatic rings. The average molecular weight is 303 g/mol. The molecule has 2 amide bonds. The van der Waals surface area contributed by atoms with Crippen molar-refractivity contribution in [2.75, 3.05) is 13.2 Å². The van der Waals surface area contributed by atoms with Crippen LogP contribution in [0.25, 0.3) is 0 Å². The number of urea groups is 1. The Kier molecular flexibility index (Phi) is 6.75. The third kappa shape index (κ3) is 5.35. The fourth-order valence-corrected chi connectivity index (χ4v) is 2.10. The van der Waals surface area contributed by atoms with Gasteiger partial charge in [-0.1, -0.05) is 24.6 Å². The maximum Gasteiger partial charge on any atom is 0.315 e. The molecule has 3 N–H and O–H groups in total. The van der Waals surface area contributed by atoms with Gasteiger partial charge in [0.1, 0.15) is 5.82 Å². The molecule has 6 heteroatoms. The van der Waals surface area contributed by atoms with Crippen LogP contribution in [0.3, 0.4) is 0 Å². The molecule has 20 heavy (non-hydrogen) atoms. The molecule has 0 spiro atoms. The Bertz CT molecular complexity index is 457. The van der Waals surface area contributed by atoms with Gasteiger partial charge >= 0.3 is 6.03 Å². The predicted molar refractivity (Wildman–Crippen MR) is 77.2 cm³/mol. The van der Waals surface area contributed by atoms with Gasteiger partial charge in [0.15, 0.2) is 0 Å². The topological polar surface area (TPSA) is 61.4 Å². The predicted octanol–water partition coefficient (Wildman–Crippen LogP) is 2.86. The number of aliphatic hydroxyl groups excluding tert-OH is 1. The number of benzene rings is 1. The van der Waals surface area contributed by atoms with Crippen molar-refractivity contribution in [3.63, 3.8) is 0 Å². The fourth-order valence-electron chi connectivity index (χ4n) is 1.77. The summed E-state index contributed by atoms with van der Waals surface area (Å²) in [4.78, 5) is 11.7. The zero-order chi connectivity index (χ0) is 15.1. The monoisotopic (exact) mass is 302 g/mol. The van der Waals surface area contributed by atoms with E-state index in [0.29, 0.717) is 18.5 Å². The minimum absolute atomic E-state index is 0.103. The Hall–Kier alpha value is -1.33. The summed E-state index contributed by atoms with van der Waals surface area (Å²) >= 11 is 5.94. The van der Waals surface area contributed by atoms with E-state index in [0.717, 1.165) is 0 Å². The quantitative estimate of drug-likeness (QED) is 0.756. The van der Waals surface area contributed by atoms with Gasteiger partial charge in [0.2, 0.25) is 0 Å². The summed E-state index contributed by atoms with van der Waals surface area (Å²) in [5, 5.41) is 14.5. The molecule has 0 aromatic heterocycles. The highest BCUT2D eigenvalue weighted by Gasteiger charge is 2.13. The van der Waals surface area contributed by atoms with Crippen molar-refractivity contribution in [1.82, 2.24) is 10.6 Å². The van der Waals surface area contributed by atoms with E-state index in [2.05, 4.69) is 10.6 Å². The summed E-state index contributed by atoms with van der Waals surface area (Å²) < 4.78 is 13.0. The number of amides is 2. The number of aliphatic hydroxyl groups is 1. The number of carbonyl (C=O) groups is 1. The second kappa shape index (κ2) is 8.07. The first kappa shape index (κ1) is 16.7. The highest BCUT2D eigenvalue weighted by molar-refractivity contribution is 6.31. The summed E-state index contributed by atoms with van der Waals surface area (Å²) in [6, 6.07) is 3.44. The van der Waals surface area contributed by atoms with Crippen LogP contribution >= 0.6 is 11.6 Å². The van der Waals surface area contributed by atoms with Crippen molar-refractivity contribution in [3.8, 4) is 0 Å². The van der Waals surface area contributed by atoms with Crippen molar-refractivity contribution < 1.29 is 14.3 Å². The molecule has 1 aromatic carbocycles. The average Bonchev–Trinajstić information content (AvgIpc) is 2.36. The molecule has 0 heterocycles. The Morgan fingerprint density at radius 2 is 2.15 bits per heavy atom. The molecule has 0 fully saturated rings. The Labute approximate surface area is 123 Å². The standard InChI is InChI=1S/C14H20ClFN2O2/c1-9(5-6-19)8-17-14(20)18-10(2)12-4-3-11(16)7-13(12)15/h3-4,7,9-10,19H,5-6,8H2,1-2H3,(H2,17,18,20)/t9-,10-/m1/s1. The van der Waals surface area contributed by atoms with Crippen LogP contribution in [0, 0.1) is 11.7 Å². The first-order valence-corrected chi connectivity index (χ1v) is 6.92. The minimum Gasteiger partial charge on any atom is -0.396 e. The number of carbonyl (C=O) groups excluding carboxylic acids is 1. The van der Waals surface area contributed by atoms with Crippen LogP contribution in [0.1, 0.15) is 31.9 Å². The molecule has 0 aliphatic carbocycles. The van der Waals surface area contributed by atoms with Gasteiger partial charge < -0.3 is 15.7 Å². The first-order chi connectivity index (χ1) is 9.43. The van der Waals surface area contributed by atoms with Crippen molar-refractivity contribution >= 4 is 17.6 Å². The number of halogens is 2. The zero-order valence-electron chi connectivity index (χ0n) is 11.6. The smallest absolute Gasteiger partial charge is 0.315 e. The van der Waals surface area contributed by atoms with Gasteiger partial charge in [-0.3, -0.25) is 0 Å². The van der Waals surface area contributed by atoms with Crippen LogP contribution in [0.15, 0.2) is 18.2 Å². The lowest BCUT2D eigenvalue weighted by molar-refractivity contribution is 0.231. The molecule has 112 valence electrons. The lowest BCUT2D eigenvalue weighted by Gasteiger charge is -2.17. The molecular weight excluding hydrogens is 283 g/mol. The Morgan fingerprint density at radius 3 is 2.75 bits per heavy atom. The summed E-state index contributed by atoms with van der Waals surface area (Å²) in [5.41, 5.74) is 0.659. The third-order valence-corrected chi connectivity index (χ3v) is 3.34.